The van der Waals surface area contributed by atoms with Crippen LogP contribution in [0.15, 0.2) is 24.5 Å². The summed E-state index contributed by atoms with van der Waals surface area (Å²) in [7, 11) is 0. The van der Waals surface area contributed by atoms with E-state index < -0.39 is 41.5 Å². The first-order chi connectivity index (χ1) is 16.1. The first kappa shape index (κ1) is 29.6. The Morgan fingerprint density at radius 2 is 1.50 bits per heavy atom. The molecule has 2 aliphatic carbocycles. The summed E-state index contributed by atoms with van der Waals surface area (Å²) in [6.07, 6.45) is -6.00. The lowest BCUT2D eigenvalue weighted by molar-refractivity contribution is -0.195. The van der Waals surface area contributed by atoms with Gasteiger partial charge in [0.1, 0.15) is 29.6 Å². The number of halogens is 7. The summed E-state index contributed by atoms with van der Waals surface area (Å²) in [5.74, 6) is 0.247. The van der Waals surface area contributed by atoms with Crippen LogP contribution in [-0.4, -0.2) is 57.2 Å². The van der Waals surface area contributed by atoms with Crippen LogP contribution in [0.5, 0.6) is 11.8 Å². The highest BCUT2D eigenvalue weighted by molar-refractivity contribution is 5.85. The van der Waals surface area contributed by atoms with E-state index in [2.05, 4.69) is 15.3 Å². The summed E-state index contributed by atoms with van der Waals surface area (Å²) in [6, 6.07) is 2.82. The molecule has 0 saturated heterocycles. The molecule has 8 nitrogen and oxygen atoms in total. The maximum atomic E-state index is 12.7. The Kier molecular flexibility index (Phi) is 8.53. The molecule has 4 rings (SSSR count). The Morgan fingerprint density at radius 1 is 0.972 bits per heavy atom. The van der Waals surface area contributed by atoms with Crippen LogP contribution in [0.2, 0.25) is 0 Å². The van der Waals surface area contributed by atoms with Gasteiger partial charge in [-0.1, -0.05) is 0 Å². The first-order valence-electron chi connectivity index (χ1n) is 10.7. The lowest BCUT2D eigenvalue weighted by Crippen LogP contribution is -2.30. The van der Waals surface area contributed by atoms with Crippen LogP contribution in [0.4, 0.5) is 31.1 Å². The van der Waals surface area contributed by atoms with Gasteiger partial charge in [-0.05, 0) is 46.5 Å². The number of carbonyl (C=O) groups excluding carboxylic acids is 1. The molecule has 0 aromatic carbocycles. The largest absolute Gasteiger partial charge is 0.477 e. The summed E-state index contributed by atoms with van der Waals surface area (Å²) < 4.78 is 91.5. The number of aromatic nitrogens is 4. The molecule has 1 N–H and O–H groups in total. The van der Waals surface area contributed by atoms with Crippen molar-refractivity contribution in [1.82, 2.24) is 20.0 Å². The molecule has 0 spiro atoms. The first-order valence-corrected chi connectivity index (χ1v) is 10.7. The maximum absolute atomic E-state index is 12.7. The zero-order valence-electron chi connectivity index (χ0n) is 19.7. The van der Waals surface area contributed by atoms with Crippen LogP contribution >= 0.6 is 12.4 Å². The average Bonchev–Trinajstić information content (AvgIpc) is 3.58. The number of alkyl halides is 6. The molecule has 36 heavy (non-hydrogen) atoms. The van der Waals surface area contributed by atoms with Gasteiger partial charge >= 0.3 is 18.4 Å². The Morgan fingerprint density at radius 3 is 1.92 bits per heavy atom. The van der Waals surface area contributed by atoms with Crippen molar-refractivity contribution in [3.8, 4) is 11.8 Å². The molecule has 0 atom stereocenters. The number of hydrogen-bond acceptors (Lipinski definition) is 6. The molecular formula is C21H27ClF6N4O4. The molecule has 2 aromatic rings. The van der Waals surface area contributed by atoms with Gasteiger partial charge in [-0.25, -0.2) is 9.89 Å². The fraction of sp³-hybridized carbons (Fsp3) is 0.667. The van der Waals surface area contributed by atoms with Gasteiger partial charge < -0.3 is 14.2 Å². The molecule has 204 valence electrons. The van der Waals surface area contributed by atoms with Gasteiger partial charge in [0.05, 0.1) is 6.20 Å². The highest BCUT2D eigenvalue weighted by atomic mass is 35.5. The third-order valence-corrected chi connectivity index (χ3v) is 5.53. The van der Waals surface area contributed by atoms with Gasteiger partial charge in [-0.15, -0.1) is 17.5 Å². The predicted molar refractivity (Wildman–Crippen MR) is 116 cm³/mol. The lowest BCUT2D eigenvalue weighted by Gasteiger charge is -2.19. The van der Waals surface area contributed by atoms with Gasteiger partial charge in [-0.3, -0.25) is 0 Å². The van der Waals surface area contributed by atoms with Crippen LogP contribution in [-0.2, 0) is 4.74 Å². The summed E-state index contributed by atoms with van der Waals surface area (Å²) in [6.45, 7) is 4.30. The number of rotatable bonds is 6. The summed E-state index contributed by atoms with van der Waals surface area (Å²) in [4.78, 5) is 11.7. The molecule has 2 saturated carbocycles. The van der Waals surface area contributed by atoms with E-state index in [4.69, 9.17) is 14.2 Å². The van der Waals surface area contributed by atoms with Crippen molar-refractivity contribution >= 4 is 18.5 Å². The monoisotopic (exact) mass is 548 g/mol. The minimum atomic E-state index is -4.28. The van der Waals surface area contributed by atoms with Crippen molar-refractivity contribution in [3.63, 3.8) is 0 Å². The van der Waals surface area contributed by atoms with E-state index in [1.165, 1.54) is 24.5 Å². The molecule has 0 radical (unpaired) electrons. The van der Waals surface area contributed by atoms with Crippen molar-refractivity contribution < 1.29 is 45.3 Å². The number of nitrogens with zero attached hydrogens (tertiary/aromatic N) is 3. The molecule has 2 fully saturated rings. The smallest absolute Gasteiger partial charge is 0.435 e. The molecule has 2 aliphatic rings. The Hall–Kier alpha value is -2.64. The van der Waals surface area contributed by atoms with E-state index in [0.29, 0.717) is 0 Å². The molecule has 15 heteroatoms. The van der Waals surface area contributed by atoms with Crippen molar-refractivity contribution in [2.45, 2.75) is 64.4 Å². The molecule has 2 aromatic heterocycles. The third-order valence-electron chi connectivity index (χ3n) is 5.53. The molecule has 0 bridgehead atoms. The Bertz CT molecular complexity index is 993. The van der Waals surface area contributed by atoms with Crippen molar-refractivity contribution in [1.29, 1.82) is 0 Å². The highest BCUT2D eigenvalue weighted by Crippen LogP contribution is 2.58. The van der Waals surface area contributed by atoms with Crippen LogP contribution in [0.25, 0.3) is 0 Å². The van der Waals surface area contributed by atoms with Crippen molar-refractivity contribution in [3.05, 3.63) is 24.5 Å². The Balaban J connectivity index is 0.000000265. The molecule has 0 aliphatic heterocycles. The van der Waals surface area contributed by atoms with Gasteiger partial charge in [-0.2, -0.15) is 36.1 Å². The van der Waals surface area contributed by atoms with Gasteiger partial charge in [0.25, 0.3) is 0 Å². The predicted octanol–water partition coefficient (Wildman–Crippen LogP) is 5.94. The summed E-state index contributed by atoms with van der Waals surface area (Å²) in [5, 5.41) is 9.78. The van der Waals surface area contributed by atoms with Crippen LogP contribution in [0, 0.1) is 10.8 Å². The summed E-state index contributed by atoms with van der Waals surface area (Å²) in [5.41, 5.74) is -4.06. The minimum absolute atomic E-state index is 0. The van der Waals surface area contributed by atoms with E-state index in [1.807, 2.05) is 0 Å². The van der Waals surface area contributed by atoms with E-state index in [-0.39, 0.29) is 56.5 Å². The average molecular weight is 549 g/mol. The van der Waals surface area contributed by atoms with E-state index >= 15 is 0 Å². The molecule has 0 amide bonds. The molecule has 2 heterocycles. The second-order valence-electron chi connectivity index (χ2n) is 9.63. The standard InChI is InChI=1S/C13H17F3N2O3.C8H9F3N2O.ClH/c1-11(2,3)21-10(19)18-7-4-9(17-18)20-8-12(5-6-12)13(14,15)16;9-8(10,11)7(2-3-7)5-14-6-1-4-12-13-6;/h4,7H,5-6,8H2,1-3H3;1,4H,2-3,5H2,(H,12,13);1H. The Labute approximate surface area is 209 Å². The maximum Gasteiger partial charge on any atom is 0.435 e. The van der Waals surface area contributed by atoms with E-state index in [0.717, 1.165) is 4.68 Å². The third kappa shape index (κ3) is 7.43. The van der Waals surface area contributed by atoms with Crippen LogP contribution in [0.3, 0.4) is 0 Å². The number of nitrogens with one attached hydrogen (secondary N) is 1. The second-order valence-corrected chi connectivity index (χ2v) is 9.63. The van der Waals surface area contributed by atoms with Crippen LogP contribution in [0.1, 0.15) is 46.5 Å². The fourth-order valence-electron chi connectivity index (χ4n) is 2.87. The topological polar surface area (TPSA) is 91.3 Å². The second kappa shape index (κ2) is 10.4. The number of ether oxygens (including phenoxy) is 3. The normalized spacial score (nSPS) is 17.7. The number of aromatic amines is 1. The van der Waals surface area contributed by atoms with E-state index in [1.54, 1.807) is 20.8 Å². The quantitative estimate of drug-likeness (QED) is 0.449. The number of H-pyrrole nitrogens is 1. The van der Waals surface area contributed by atoms with Gasteiger partial charge in [0.2, 0.25) is 11.8 Å². The molecular weight excluding hydrogens is 522 g/mol. The zero-order chi connectivity index (χ0) is 26.1. The summed E-state index contributed by atoms with van der Waals surface area (Å²) >= 11 is 0. The van der Waals surface area contributed by atoms with Crippen molar-refractivity contribution in [2.24, 2.45) is 10.8 Å². The molecule has 0 unspecified atom stereocenters. The van der Waals surface area contributed by atoms with Gasteiger partial charge in [0.15, 0.2) is 0 Å². The lowest BCUT2D eigenvalue weighted by atomic mass is 10.1. The van der Waals surface area contributed by atoms with Gasteiger partial charge in [0, 0.05) is 18.3 Å². The minimum Gasteiger partial charge on any atom is -0.477 e. The SMILES string of the molecule is CC(C)(C)OC(=O)n1ccc(OCC2(C(F)(F)F)CC2)n1.Cl.FC(F)(F)C1(COc2ccn[nH]2)CC1. The highest BCUT2D eigenvalue weighted by Gasteiger charge is 2.64. The van der Waals surface area contributed by atoms with Crippen LogP contribution < -0.4 is 9.47 Å². The van der Waals surface area contributed by atoms with E-state index in [9.17, 15) is 31.1 Å². The number of hydrogen-bond donors (Lipinski definition) is 1. The fourth-order valence-corrected chi connectivity index (χ4v) is 2.87. The van der Waals surface area contributed by atoms with Crippen molar-refractivity contribution in [2.75, 3.05) is 13.2 Å². The number of carbonyl (C=O) groups is 1. The zero-order valence-corrected chi connectivity index (χ0v) is 20.5.